The van der Waals surface area contributed by atoms with Crippen molar-refractivity contribution in [3.8, 4) is 5.88 Å². The second kappa shape index (κ2) is 6.45. The number of aromatic nitrogens is 1. The highest BCUT2D eigenvalue weighted by molar-refractivity contribution is 5.82. The van der Waals surface area contributed by atoms with Gasteiger partial charge >= 0.3 is 6.09 Å². The molecule has 1 aliphatic heterocycles. The number of hydrogen-bond donors (Lipinski definition) is 2. The van der Waals surface area contributed by atoms with Crippen molar-refractivity contribution in [2.45, 2.75) is 46.6 Å². The molecule has 3 rings (SSSR count). The zero-order chi connectivity index (χ0) is 19.1. The van der Waals surface area contributed by atoms with Gasteiger partial charge in [-0.3, -0.25) is 4.79 Å². The number of hydrogen-bond acceptors (Lipinski definition) is 4. The maximum atomic E-state index is 12.8. The van der Waals surface area contributed by atoms with E-state index >= 15 is 0 Å². The fourth-order valence-electron chi connectivity index (χ4n) is 3.50. The van der Waals surface area contributed by atoms with Crippen LogP contribution in [0.1, 0.15) is 37.8 Å². The summed E-state index contributed by atoms with van der Waals surface area (Å²) in [4.78, 5) is 29.7. The first-order valence-corrected chi connectivity index (χ1v) is 8.98. The van der Waals surface area contributed by atoms with E-state index in [4.69, 9.17) is 4.74 Å². The van der Waals surface area contributed by atoms with E-state index in [2.05, 4.69) is 10.3 Å². The Hall–Kier alpha value is -2.31. The van der Waals surface area contributed by atoms with Gasteiger partial charge in [-0.05, 0) is 52.2 Å². The van der Waals surface area contributed by atoms with E-state index in [-0.39, 0.29) is 24.0 Å². The maximum Gasteiger partial charge on any atom is 0.407 e. The topological polar surface area (TPSA) is 91.8 Å². The number of likely N-dealkylation sites (tertiary alicyclic amines) is 1. The highest BCUT2D eigenvalue weighted by Crippen LogP contribution is 2.52. The highest BCUT2D eigenvalue weighted by atomic mass is 16.5. The van der Waals surface area contributed by atoms with Crippen molar-refractivity contribution < 1.29 is 19.4 Å². The quantitative estimate of drug-likeness (QED) is 0.840. The SMILES string of the molecule is Cc1cnc(OCC(C)(C)C(=O)NC2CN(C(=O)O)CC23CC3)c(C)c1. The molecule has 2 N–H and O–H groups in total. The number of amides is 2. The molecule has 1 saturated carbocycles. The first-order valence-electron chi connectivity index (χ1n) is 8.98. The van der Waals surface area contributed by atoms with Crippen molar-refractivity contribution >= 4 is 12.0 Å². The minimum absolute atomic E-state index is 0.0694. The fraction of sp³-hybridized carbons (Fsp3) is 0.632. The second-order valence-electron chi connectivity index (χ2n) is 8.36. The number of pyridine rings is 1. The third-order valence-corrected chi connectivity index (χ3v) is 5.47. The third kappa shape index (κ3) is 3.61. The number of nitrogens with one attached hydrogen (secondary N) is 1. The molecule has 2 amide bonds. The number of nitrogens with zero attached hydrogens (tertiary/aromatic N) is 2. The van der Waals surface area contributed by atoms with Crippen LogP contribution in [0.2, 0.25) is 0 Å². The maximum absolute atomic E-state index is 12.8. The van der Waals surface area contributed by atoms with E-state index in [1.807, 2.05) is 33.8 Å². The fourth-order valence-corrected chi connectivity index (χ4v) is 3.50. The largest absolute Gasteiger partial charge is 0.476 e. The molecule has 1 aromatic heterocycles. The number of carbonyl (C=O) groups is 2. The Morgan fingerprint density at radius 3 is 2.69 bits per heavy atom. The Balaban J connectivity index is 1.60. The van der Waals surface area contributed by atoms with Crippen molar-refractivity contribution in [3.05, 3.63) is 23.4 Å². The van der Waals surface area contributed by atoms with Crippen LogP contribution in [0.25, 0.3) is 0 Å². The monoisotopic (exact) mass is 361 g/mol. The van der Waals surface area contributed by atoms with Crippen molar-refractivity contribution in [1.82, 2.24) is 15.2 Å². The summed E-state index contributed by atoms with van der Waals surface area (Å²) >= 11 is 0. The van der Waals surface area contributed by atoms with E-state index in [9.17, 15) is 14.7 Å². The lowest BCUT2D eigenvalue weighted by Crippen LogP contribution is -2.49. The number of aryl methyl sites for hydroxylation is 2. The number of ether oxygens (including phenoxy) is 1. The van der Waals surface area contributed by atoms with Crippen LogP contribution in [-0.4, -0.2) is 52.7 Å². The molecule has 1 unspecified atom stereocenters. The Kier molecular flexibility index (Phi) is 4.58. The summed E-state index contributed by atoms with van der Waals surface area (Å²) in [7, 11) is 0. The smallest absolute Gasteiger partial charge is 0.407 e. The standard InChI is InChI=1S/C19H27N3O4/c1-12-7-13(2)15(20-8-12)26-11-18(3,4)16(23)21-14-9-22(17(24)25)10-19(14)5-6-19/h7-8,14H,5-6,9-11H2,1-4H3,(H,21,23)(H,24,25). The average Bonchev–Trinajstić information content (AvgIpc) is 3.23. The molecule has 2 aliphatic rings. The average molecular weight is 361 g/mol. The molecule has 7 nitrogen and oxygen atoms in total. The molecule has 7 heteroatoms. The van der Waals surface area contributed by atoms with Crippen molar-refractivity contribution in [3.63, 3.8) is 0 Å². The minimum Gasteiger partial charge on any atom is -0.476 e. The van der Waals surface area contributed by atoms with Crippen molar-refractivity contribution in [2.75, 3.05) is 19.7 Å². The van der Waals surface area contributed by atoms with E-state index in [1.165, 1.54) is 4.90 Å². The molecular formula is C19H27N3O4. The number of rotatable bonds is 5. The van der Waals surface area contributed by atoms with Gasteiger partial charge in [0.05, 0.1) is 11.5 Å². The predicted octanol–water partition coefficient (Wildman–Crippen LogP) is 2.36. The molecule has 0 radical (unpaired) electrons. The molecule has 1 atom stereocenters. The summed E-state index contributed by atoms with van der Waals surface area (Å²) in [6, 6.07) is 1.87. The van der Waals surface area contributed by atoms with E-state index < -0.39 is 11.5 Å². The summed E-state index contributed by atoms with van der Waals surface area (Å²) in [6.07, 6.45) is 2.75. The molecule has 0 bridgehead atoms. The van der Waals surface area contributed by atoms with Crippen LogP contribution in [0.15, 0.2) is 12.3 Å². The van der Waals surface area contributed by atoms with Gasteiger partial charge in [-0.25, -0.2) is 9.78 Å². The molecule has 0 aromatic carbocycles. The van der Waals surface area contributed by atoms with Gasteiger partial charge in [0.25, 0.3) is 0 Å². The zero-order valence-electron chi connectivity index (χ0n) is 15.8. The molecule has 1 aromatic rings. The van der Waals surface area contributed by atoms with E-state index in [0.717, 1.165) is 24.0 Å². The minimum atomic E-state index is -0.920. The van der Waals surface area contributed by atoms with Gasteiger partial charge < -0.3 is 20.1 Å². The van der Waals surface area contributed by atoms with E-state index in [0.29, 0.717) is 19.0 Å². The molecule has 26 heavy (non-hydrogen) atoms. The summed E-state index contributed by atoms with van der Waals surface area (Å²) in [5.41, 5.74) is 1.18. The number of carboxylic acid groups (broad SMARTS) is 1. The van der Waals surface area contributed by atoms with Gasteiger partial charge in [-0.1, -0.05) is 0 Å². The lowest BCUT2D eigenvalue weighted by Gasteiger charge is -2.27. The lowest BCUT2D eigenvalue weighted by molar-refractivity contribution is -0.131. The summed E-state index contributed by atoms with van der Waals surface area (Å²) in [5.74, 6) is 0.416. The predicted molar refractivity (Wildman–Crippen MR) is 96.2 cm³/mol. The summed E-state index contributed by atoms with van der Waals surface area (Å²) in [5, 5.41) is 12.3. The highest BCUT2D eigenvalue weighted by Gasteiger charge is 2.57. The van der Waals surface area contributed by atoms with Gasteiger partial charge in [0.2, 0.25) is 11.8 Å². The lowest BCUT2D eigenvalue weighted by atomic mass is 9.91. The van der Waals surface area contributed by atoms with Crippen LogP contribution in [0, 0.1) is 24.7 Å². The second-order valence-corrected chi connectivity index (χ2v) is 8.36. The molecule has 1 saturated heterocycles. The van der Waals surface area contributed by atoms with Crippen LogP contribution in [0.5, 0.6) is 5.88 Å². The Bertz CT molecular complexity index is 727. The van der Waals surface area contributed by atoms with Gasteiger partial charge in [-0.15, -0.1) is 0 Å². The molecule has 2 heterocycles. The van der Waals surface area contributed by atoms with Crippen molar-refractivity contribution in [2.24, 2.45) is 10.8 Å². The van der Waals surface area contributed by atoms with Gasteiger partial charge in [-0.2, -0.15) is 0 Å². The van der Waals surface area contributed by atoms with Gasteiger partial charge in [0.1, 0.15) is 6.61 Å². The van der Waals surface area contributed by atoms with E-state index in [1.54, 1.807) is 6.20 Å². The van der Waals surface area contributed by atoms with Crippen LogP contribution < -0.4 is 10.1 Å². The van der Waals surface area contributed by atoms with Gasteiger partial charge in [0, 0.05) is 30.3 Å². The van der Waals surface area contributed by atoms with Gasteiger partial charge in [0.15, 0.2) is 0 Å². The third-order valence-electron chi connectivity index (χ3n) is 5.47. The molecular weight excluding hydrogens is 334 g/mol. The number of carbonyl (C=O) groups excluding carboxylic acids is 1. The Morgan fingerprint density at radius 2 is 2.12 bits per heavy atom. The van der Waals surface area contributed by atoms with Crippen molar-refractivity contribution in [1.29, 1.82) is 0 Å². The first-order chi connectivity index (χ1) is 12.1. The van der Waals surface area contributed by atoms with Crippen LogP contribution in [-0.2, 0) is 4.79 Å². The molecule has 1 aliphatic carbocycles. The van der Waals surface area contributed by atoms with Crippen LogP contribution in [0.4, 0.5) is 4.79 Å². The summed E-state index contributed by atoms with van der Waals surface area (Å²) in [6.45, 7) is 8.63. The molecule has 1 spiro atoms. The molecule has 142 valence electrons. The zero-order valence-corrected chi connectivity index (χ0v) is 15.8. The summed E-state index contributed by atoms with van der Waals surface area (Å²) < 4.78 is 5.79. The van der Waals surface area contributed by atoms with Crippen LogP contribution >= 0.6 is 0 Å². The van der Waals surface area contributed by atoms with Crippen LogP contribution in [0.3, 0.4) is 0 Å². The normalized spacial score (nSPS) is 20.9. The Morgan fingerprint density at radius 1 is 1.42 bits per heavy atom. The first kappa shape index (κ1) is 18.5. The molecule has 2 fully saturated rings. The Labute approximate surface area is 153 Å².